The zero-order chi connectivity index (χ0) is 23.8. The molecular formula is C28H30N2O4. The Bertz CT molecular complexity index is 1100. The van der Waals surface area contributed by atoms with Gasteiger partial charge in [-0.05, 0) is 54.7 Å². The number of carbonyl (C=O) groups is 2. The van der Waals surface area contributed by atoms with E-state index in [0.29, 0.717) is 36.6 Å². The van der Waals surface area contributed by atoms with E-state index < -0.39 is 6.04 Å². The van der Waals surface area contributed by atoms with E-state index >= 15 is 0 Å². The molecule has 6 nitrogen and oxygen atoms in total. The van der Waals surface area contributed by atoms with Crippen LogP contribution in [0.2, 0.25) is 0 Å². The van der Waals surface area contributed by atoms with Gasteiger partial charge in [0.1, 0.15) is 12.6 Å². The van der Waals surface area contributed by atoms with Gasteiger partial charge in [-0.2, -0.15) is 0 Å². The molecule has 1 heterocycles. The molecule has 2 amide bonds. The van der Waals surface area contributed by atoms with Gasteiger partial charge >= 0.3 is 0 Å². The molecule has 34 heavy (non-hydrogen) atoms. The lowest BCUT2D eigenvalue weighted by Gasteiger charge is -2.30. The molecule has 3 aromatic carbocycles. The van der Waals surface area contributed by atoms with Crippen molar-refractivity contribution < 1.29 is 19.1 Å². The molecule has 176 valence electrons. The van der Waals surface area contributed by atoms with Crippen molar-refractivity contribution in [1.29, 1.82) is 0 Å². The molecule has 1 N–H and O–H groups in total. The van der Waals surface area contributed by atoms with Crippen molar-refractivity contribution in [3.63, 3.8) is 0 Å². The standard InChI is InChI=1S/C28H30N2O4/c1-33-25-16-15-22(18-26(25)34-20-21-10-4-2-5-11-21)19-30(24-14-8-9-17-29-27(24)31)28(32)23-12-6-3-7-13-23/h2-7,10-13,15-16,18,24H,8-9,14,17,19-20H2,1H3,(H,29,31). The molecule has 0 saturated carbocycles. The number of benzene rings is 3. The highest BCUT2D eigenvalue weighted by Gasteiger charge is 2.31. The van der Waals surface area contributed by atoms with Gasteiger partial charge in [0.2, 0.25) is 5.91 Å². The third-order valence-corrected chi connectivity index (χ3v) is 5.98. The Labute approximate surface area is 200 Å². The number of hydrogen-bond acceptors (Lipinski definition) is 4. The van der Waals surface area contributed by atoms with E-state index in [0.717, 1.165) is 24.0 Å². The van der Waals surface area contributed by atoms with Crippen molar-refractivity contribution in [3.8, 4) is 11.5 Å². The Hall–Kier alpha value is -3.80. The van der Waals surface area contributed by atoms with Crippen LogP contribution in [0.4, 0.5) is 0 Å². The van der Waals surface area contributed by atoms with Gasteiger partial charge in [-0.15, -0.1) is 0 Å². The van der Waals surface area contributed by atoms with E-state index in [9.17, 15) is 9.59 Å². The lowest BCUT2D eigenvalue weighted by Crippen LogP contribution is -2.48. The molecule has 4 rings (SSSR count). The van der Waals surface area contributed by atoms with Gasteiger partial charge in [0.05, 0.1) is 7.11 Å². The van der Waals surface area contributed by atoms with Gasteiger partial charge in [0, 0.05) is 18.7 Å². The first-order chi connectivity index (χ1) is 16.7. The van der Waals surface area contributed by atoms with Crippen molar-refractivity contribution in [2.75, 3.05) is 13.7 Å². The fourth-order valence-electron chi connectivity index (χ4n) is 4.15. The van der Waals surface area contributed by atoms with E-state index in [4.69, 9.17) is 9.47 Å². The lowest BCUT2D eigenvalue weighted by molar-refractivity contribution is -0.125. The second kappa shape index (κ2) is 11.4. The number of nitrogens with zero attached hydrogens (tertiary/aromatic N) is 1. The summed E-state index contributed by atoms with van der Waals surface area (Å²) < 4.78 is 11.6. The largest absolute Gasteiger partial charge is 0.493 e. The second-order valence-corrected chi connectivity index (χ2v) is 8.36. The van der Waals surface area contributed by atoms with Crippen molar-refractivity contribution >= 4 is 11.8 Å². The number of hydrogen-bond donors (Lipinski definition) is 1. The van der Waals surface area contributed by atoms with Crippen LogP contribution in [-0.4, -0.2) is 36.4 Å². The van der Waals surface area contributed by atoms with Crippen molar-refractivity contribution in [3.05, 3.63) is 95.6 Å². The Balaban J connectivity index is 1.61. The molecule has 1 unspecified atom stereocenters. The smallest absolute Gasteiger partial charge is 0.254 e. The van der Waals surface area contributed by atoms with Crippen LogP contribution in [0.3, 0.4) is 0 Å². The van der Waals surface area contributed by atoms with Gasteiger partial charge in [0.25, 0.3) is 5.91 Å². The number of carbonyl (C=O) groups excluding carboxylic acids is 2. The summed E-state index contributed by atoms with van der Waals surface area (Å²) in [5, 5.41) is 2.96. The van der Waals surface area contributed by atoms with Crippen LogP contribution in [0.1, 0.15) is 40.7 Å². The van der Waals surface area contributed by atoms with Crippen molar-refractivity contribution in [1.82, 2.24) is 10.2 Å². The number of nitrogens with one attached hydrogen (secondary N) is 1. The molecule has 0 radical (unpaired) electrons. The summed E-state index contributed by atoms with van der Waals surface area (Å²) in [5.74, 6) is 0.954. The van der Waals surface area contributed by atoms with Crippen LogP contribution in [0.15, 0.2) is 78.9 Å². The zero-order valence-corrected chi connectivity index (χ0v) is 19.4. The SMILES string of the molecule is COc1ccc(CN(C(=O)c2ccccc2)C2CCCCNC2=O)cc1OCc1ccccc1. The molecule has 1 aliphatic heterocycles. The summed E-state index contributed by atoms with van der Waals surface area (Å²) in [6, 6.07) is 24.1. The van der Waals surface area contributed by atoms with Gasteiger partial charge in [-0.25, -0.2) is 0 Å². The van der Waals surface area contributed by atoms with Crippen LogP contribution < -0.4 is 14.8 Å². The van der Waals surface area contributed by atoms with Gasteiger partial charge in [0.15, 0.2) is 11.5 Å². The molecule has 0 aliphatic carbocycles. The van der Waals surface area contributed by atoms with E-state index in [1.165, 1.54) is 0 Å². The predicted molar refractivity (Wildman–Crippen MR) is 131 cm³/mol. The third kappa shape index (κ3) is 5.76. The first kappa shape index (κ1) is 23.4. The fourth-order valence-corrected chi connectivity index (χ4v) is 4.15. The lowest BCUT2D eigenvalue weighted by atomic mass is 10.0. The van der Waals surface area contributed by atoms with Gasteiger partial charge in [-0.3, -0.25) is 9.59 Å². The molecule has 1 aliphatic rings. The summed E-state index contributed by atoms with van der Waals surface area (Å²) in [7, 11) is 1.60. The number of amides is 2. The molecule has 6 heteroatoms. The number of ether oxygens (including phenoxy) is 2. The molecule has 0 aromatic heterocycles. The highest BCUT2D eigenvalue weighted by atomic mass is 16.5. The van der Waals surface area contributed by atoms with Crippen LogP contribution in [0.5, 0.6) is 11.5 Å². The Morgan fingerprint density at radius 3 is 2.41 bits per heavy atom. The molecule has 1 saturated heterocycles. The zero-order valence-electron chi connectivity index (χ0n) is 19.4. The van der Waals surface area contributed by atoms with E-state index in [-0.39, 0.29) is 18.4 Å². The fraction of sp³-hybridized carbons (Fsp3) is 0.286. The van der Waals surface area contributed by atoms with Gasteiger partial charge in [-0.1, -0.05) is 54.6 Å². The summed E-state index contributed by atoms with van der Waals surface area (Å²) in [6.45, 7) is 1.33. The minimum absolute atomic E-state index is 0.101. The summed E-state index contributed by atoms with van der Waals surface area (Å²) in [4.78, 5) is 28.1. The average Bonchev–Trinajstić information content (AvgIpc) is 3.11. The maximum Gasteiger partial charge on any atom is 0.254 e. The van der Waals surface area contributed by atoms with Crippen LogP contribution in [-0.2, 0) is 17.9 Å². The quantitative estimate of drug-likeness (QED) is 0.536. The Morgan fingerprint density at radius 1 is 0.941 bits per heavy atom. The second-order valence-electron chi connectivity index (χ2n) is 8.36. The molecule has 0 bridgehead atoms. The average molecular weight is 459 g/mol. The molecule has 3 aromatic rings. The topological polar surface area (TPSA) is 67.9 Å². The Kier molecular flexibility index (Phi) is 7.81. The van der Waals surface area contributed by atoms with E-state index in [2.05, 4.69) is 5.32 Å². The van der Waals surface area contributed by atoms with Crippen molar-refractivity contribution in [2.45, 2.75) is 38.5 Å². The molecular weight excluding hydrogens is 428 g/mol. The normalized spacial score (nSPS) is 15.7. The molecule has 1 fully saturated rings. The highest BCUT2D eigenvalue weighted by molar-refractivity contribution is 5.97. The first-order valence-electron chi connectivity index (χ1n) is 11.6. The van der Waals surface area contributed by atoms with Crippen LogP contribution in [0, 0.1) is 0 Å². The van der Waals surface area contributed by atoms with Gasteiger partial charge < -0.3 is 19.7 Å². The minimum Gasteiger partial charge on any atom is -0.493 e. The van der Waals surface area contributed by atoms with Crippen LogP contribution in [0.25, 0.3) is 0 Å². The molecule has 0 spiro atoms. The van der Waals surface area contributed by atoms with E-state index in [1.807, 2.05) is 66.7 Å². The summed E-state index contributed by atoms with van der Waals surface area (Å²) >= 11 is 0. The number of methoxy groups -OCH3 is 1. The summed E-state index contributed by atoms with van der Waals surface area (Å²) in [6.07, 6.45) is 2.43. The number of rotatable bonds is 8. The van der Waals surface area contributed by atoms with E-state index in [1.54, 1.807) is 24.1 Å². The Morgan fingerprint density at radius 2 is 1.68 bits per heavy atom. The highest BCUT2D eigenvalue weighted by Crippen LogP contribution is 2.30. The maximum absolute atomic E-state index is 13.5. The summed E-state index contributed by atoms with van der Waals surface area (Å²) in [5.41, 5.74) is 2.48. The third-order valence-electron chi connectivity index (χ3n) is 5.98. The van der Waals surface area contributed by atoms with Crippen molar-refractivity contribution in [2.24, 2.45) is 0 Å². The molecule has 1 atom stereocenters. The maximum atomic E-state index is 13.5. The monoisotopic (exact) mass is 458 g/mol. The minimum atomic E-state index is -0.522. The predicted octanol–water partition coefficient (Wildman–Crippen LogP) is 4.59. The van der Waals surface area contributed by atoms with Crippen LogP contribution >= 0.6 is 0 Å². The first-order valence-corrected chi connectivity index (χ1v) is 11.6.